The molecule has 0 saturated heterocycles. The number of para-hydroxylation sites is 3. The zero-order valence-electron chi connectivity index (χ0n) is 29.1. The molecule has 234 valence electrons. The van der Waals surface area contributed by atoms with E-state index in [-0.39, 0.29) is 11.5 Å². The van der Waals surface area contributed by atoms with Crippen molar-refractivity contribution in [2.45, 2.75) is 57.9 Å². The zero-order chi connectivity index (χ0) is 34.1. The molecule has 0 N–H and O–H groups in total. The molecule has 0 saturated carbocycles. The van der Waals surface area contributed by atoms with Crippen LogP contribution in [-0.4, -0.2) is 18.7 Å². The van der Waals surface area contributed by atoms with Gasteiger partial charge in [-0.3, -0.25) is 0 Å². The van der Waals surface area contributed by atoms with Gasteiger partial charge in [-0.25, -0.2) is 4.98 Å². The first kappa shape index (κ1) is 25.9. The SMILES string of the molecule is [2H]C([2H])([2H])n1[c](=[Pt])n(C2CCCCc3ccc(Oc4[c-]c5c(cc4)c4ccccc4n5-c4cc(C(C)(C)C)ccn4)[c-]c32)c2ccccc21. The van der Waals surface area contributed by atoms with Gasteiger partial charge >= 0.3 is 206 Å². The summed E-state index contributed by atoms with van der Waals surface area (Å²) < 4.78 is 38.0. The van der Waals surface area contributed by atoms with E-state index in [1.807, 2.05) is 42.6 Å². The first-order chi connectivity index (χ1) is 23.5. The number of aromatic nitrogens is 4. The van der Waals surface area contributed by atoms with Crippen molar-refractivity contribution in [3.05, 3.63) is 124 Å². The summed E-state index contributed by atoms with van der Waals surface area (Å²) in [6, 6.07) is 35.8. The van der Waals surface area contributed by atoms with Crippen LogP contribution in [0.1, 0.15) is 66.9 Å². The van der Waals surface area contributed by atoms with Gasteiger partial charge in [-0.2, -0.15) is 0 Å². The number of benzene rings is 4. The van der Waals surface area contributed by atoms with E-state index in [2.05, 4.69) is 110 Å². The Kier molecular flexibility index (Phi) is 6.34. The van der Waals surface area contributed by atoms with Crippen LogP contribution in [0.3, 0.4) is 0 Å². The summed E-state index contributed by atoms with van der Waals surface area (Å²) in [6.07, 6.45) is 5.79. The molecule has 0 bridgehead atoms. The van der Waals surface area contributed by atoms with E-state index >= 15 is 0 Å². The monoisotopic (exact) mass is 786 g/mol. The molecule has 46 heavy (non-hydrogen) atoms. The van der Waals surface area contributed by atoms with Crippen LogP contribution in [0, 0.1) is 15.9 Å². The molecule has 0 spiro atoms. The van der Waals surface area contributed by atoms with Gasteiger partial charge in [0.15, 0.2) is 0 Å². The fraction of sp³-hybridized carbons (Fsp3) is 0.250. The molecule has 1 atom stereocenters. The van der Waals surface area contributed by atoms with E-state index in [0.717, 1.165) is 64.4 Å². The van der Waals surface area contributed by atoms with Gasteiger partial charge in [0.2, 0.25) is 0 Å². The van der Waals surface area contributed by atoms with Crippen molar-refractivity contribution in [1.82, 2.24) is 18.7 Å². The van der Waals surface area contributed by atoms with Gasteiger partial charge in [-0.15, -0.1) is 0 Å². The van der Waals surface area contributed by atoms with Gasteiger partial charge in [0.25, 0.3) is 0 Å². The van der Waals surface area contributed by atoms with Crippen molar-refractivity contribution in [3.8, 4) is 17.3 Å². The van der Waals surface area contributed by atoms with E-state index < -0.39 is 6.98 Å². The molecular weight excluding hydrogens is 748 g/mol. The first-order valence-corrected chi connectivity index (χ1v) is 17.0. The van der Waals surface area contributed by atoms with Gasteiger partial charge in [0, 0.05) is 6.20 Å². The number of fused-ring (bicyclic) bond motifs is 5. The fourth-order valence-electron chi connectivity index (χ4n) is 6.88. The molecule has 0 amide bonds. The van der Waals surface area contributed by atoms with Crippen LogP contribution in [0.4, 0.5) is 0 Å². The average molecular weight is 787 g/mol. The van der Waals surface area contributed by atoms with Crippen molar-refractivity contribution < 1.29 is 28.2 Å². The third-order valence-corrected chi connectivity index (χ3v) is 10.3. The molecule has 3 aromatic heterocycles. The number of aryl methyl sites for hydroxylation is 2. The Balaban J connectivity index is 1.24. The minimum atomic E-state index is -2.30. The molecule has 0 radical (unpaired) electrons. The summed E-state index contributed by atoms with van der Waals surface area (Å²) in [6.45, 7) is 4.33. The number of ether oxygens (including phenoxy) is 1. The average Bonchev–Trinajstić information content (AvgIpc) is 3.47. The number of pyridine rings is 1. The van der Waals surface area contributed by atoms with Crippen LogP contribution < -0.4 is 4.74 Å². The van der Waals surface area contributed by atoms with Crippen molar-refractivity contribution in [2.24, 2.45) is 6.98 Å². The van der Waals surface area contributed by atoms with Gasteiger partial charge in [-0.1, -0.05) is 39.0 Å². The van der Waals surface area contributed by atoms with Gasteiger partial charge < -0.3 is 0 Å². The normalized spacial score (nSPS) is 16.6. The molecule has 1 aliphatic carbocycles. The molecule has 1 unspecified atom stereocenters. The second-order valence-corrected chi connectivity index (χ2v) is 14.2. The summed E-state index contributed by atoms with van der Waals surface area (Å²) in [7, 11) is 0. The van der Waals surface area contributed by atoms with E-state index in [9.17, 15) is 0 Å². The first-order valence-electron chi connectivity index (χ1n) is 17.3. The Hall–Kier alpha value is -4.21. The molecule has 8 rings (SSSR count). The molecule has 4 aromatic carbocycles. The molecule has 7 aromatic rings. The zero-order valence-corrected chi connectivity index (χ0v) is 28.4. The molecule has 0 aliphatic heterocycles. The van der Waals surface area contributed by atoms with Crippen molar-refractivity contribution >= 4 is 32.8 Å². The Bertz CT molecular complexity index is 2450. The fourth-order valence-corrected chi connectivity index (χ4v) is 7.79. The third kappa shape index (κ3) is 4.88. The maximum absolute atomic E-state index is 8.31. The Labute approximate surface area is 284 Å². The molecule has 5 nitrogen and oxygen atoms in total. The molecule has 0 fully saturated rings. The van der Waals surface area contributed by atoms with E-state index in [1.165, 1.54) is 15.7 Å². The van der Waals surface area contributed by atoms with Gasteiger partial charge in [0.1, 0.15) is 0 Å². The number of rotatable bonds is 4. The van der Waals surface area contributed by atoms with Crippen LogP contribution >= 0.6 is 0 Å². The van der Waals surface area contributed by atoms with Crippen LogP contribution in [0.2, 0.25) is 0 Å². The second-order valence-electron chi connectivity index (χ2n) is 13.2. The van der Waals surface area contributed by atoms with E-state index in [0.29, 0.717) is 20.8 Å². The van der Waals surface area contributed by atoms with Crippen molar-refractivity contribution in [1.29, 1.82) is 0 Å². The van der Waals surface area contributed by atoms with Crippen LogP contribution in [0.5, 0.6) is 11.5 Å². The topological polar surface area (TPSA) is 36.9 Å². The molecule has 1 aliphatic rings. The van der Waals surface area contributed by atoms with Crippen molar-refractivity contribution in [2.75, 3.05) is 0 Å². The number of hydrogen-bond acceptors (Lipinski definition) is 2. The Morgan fingerprint density at radius 2 is 1.63 bits per heavy atom. The molecular formula is C40H36N4OPt-2. The molecule has 6 heteroatoms. The number of imidazole rings is 1. The summed E-state index contributed by atoms with van der Waals surface area (Å²) >= 11 is 2.17. The summed E-state index contributed by atoms with van der Waals surface area (Å²) in [5.41, 5.74) is 7.01. The Morgan fingerprint density at radius 1 is 0.870 bits per heavy atom. The predicted molar refractivity (Wildman–Crippen MR) is 181 cm³/mol. The second kappa shape index (κ2) is 11.2. The summed E-state index contributed by atoms with van der Waals surface area (Å²) in [5, 5.41) is 2.21. The van der Waals surface area contributed by atoms with Crippen LogP contribution in [0.25, 0.3) is 38.7 Å². The summed E-state index contributed by atoms with van der Waals surface area (Å²) in [4.78, 5) is 4.81. The summed E-state index contributed by atoms with van der Waals surface area (Å²) in [5.74, 6) is 2.03. The van der Waals surface area contributed by atoms with Crippen molar-refractivity contribution in [3.63, 3.8) is 0 Å². The third-order valence-electron chi connectivity index (χ3n) is 9.21. The van der Waals surface area contributed by atoms with E-state index in [1.54, 1.807) is 0 Å². The van der Waals surface area contributed by atoms with Crippen LogP contribution in [-0.2, 0) is 38.2 Å². The minimum absolute atomic E-state index is 0.0223. The Morgan fingerprint density at radius 3 is 2.46 bits per heavy atom. The van der Waals surface area contributed by atoms with E-state index in [4.69, 9.17) is 13.8 Å². The predicted octanol–water partition coefficient (Wildman–Crippen LogP) is 9.56. The molecule has 3 heterocycles. The maximum atomic E-state index is 8.31. The van der Waals surface area contributed by atoms with Gasteiger partial charge in [0.05, 0.1) is 0 Å². The quantitative estimate of drug-likeness (QED) is 0.132. The van der Waals surface area contributed by atoms with Crippen LogP contribution in [0.15, 0.2) is 91.1 Å². The standard InChI is InChI=1S/C40H36N4O.Pt/c1-40(2,3)28-21-22-41-39(23-28)44-35-14-8-6-12-31(35)32-20-19-30(25-38(32)44)45-29-18-17-27-11-5-7-13-34(33(27)24-29)43-26-42(4)36-15-9-10-16-37(36)43;/h6,8-10,12,14-23,34H,5,7,11,13H2,1-4H3;/q-2;/i4D3;. The number of hydrogen-bond donors (Lipinski definition) is 0. The number of nitrogens with zero attached hydrogens (tertiary/aromatic N) is 4. The van der Waals surface area contributed by atoms with Gasteiger partial charge in [-0.05, 0) is 29.2 Å².